The van der Waals surface area contributed by atoms with E-state index in [1.807, 2.05) is 13.8 Å². The maximum absolute atomic E-state index is 5.64. The molecule has 0 fully saturated rings. The first-order valence-electron chi connectivity index (χ1n) is 7.40. The van der Waals surface area contributed by atoms with Gasteiger partial charge in [0, 0.05) is 6.04 Å². The molecule has 3 heteroatoms. The first-order chi connectivity index (χ1) is 9.65. The van der Waals surface area contributed by atoms with Crippen molar-refractivity contribution in [2.45, 2.75) is 52.1 Å². The Morgan fingerprint density at radius 2 is 1.95 bits per heavy atom. The van der Waals surface area contributed by atoms with Gasteiger partial charge in [-0.05, 0) is 43.7 Å². The van der Waals surface area contributed by atoms with Gasteiger partial charge in [0.15, 0.2) is 0 Å². The Balaban J connectivity index is 1.74. The van der Waals surface area contributed by atoms with E-state index in [1.54, 1.807) is 0 Å². The van der Waals surface area contributed by atoms with Crippen LogP contribution >= 0.6 is 0 Å². The molecule has 0 bridgehead atoms. The van der Waals surface area contributed by atoms with Crippen molar-refractivity contribution in [3.63, 3.8) is 0 Å². The Morgan fingerprint density at radius 3 is 2.65 bits per heavy atom. The van der Waals surface area contributed by atoms with Crippen molar-refractivity contribution in [3.05, 3.63) is 52.7 Å². The highest BCUT2D eigenvalue weighted by Crippen LogP contribution is 2.37. The van der Waals surface area contributed by atoms with E-state index >= 15 is 0 Å². The predicted molar refractivity (Wildman–Crippen MR) is 79.6 cm³/mol. The molecule has 2 aromatic rings. The summed E-state index contributed by atoms with van der Waals surface area (Å²) in [6.07, 6.45) is 2.41. The molecule has 3 rings (SSSR count). The van der Waals surface area contributed by atoms with Gasteiger partial charge in [-0.15, -0.1) is 0 Å². The minimum absolute atomic E-state index is 0.412. The fourth-order valence-corrected chi connectivity index (χ4v) is 3.04. The standard InChI is InChI=1S/C17H22N2O/c1-11-8-9-16(15-7-5-4-6-14(11)15)18-10-17-19-12(2)13(3)20-17/h4-7,11,16,18H,8-10H2,1-3H3. The molecule has 1 aliphatic carbocycles. The third-order valence-electron chi connectivity index (χ3n) is 4.36. The Hall–Kier alpha value is -1.61. The maximum Gasteiger partial charge on any atom is 0.208 e. The molecule has 1 aromatic heterocycles. The number of rotatable bonds is 3. The number of hydrogen-bond donors (Lipinski definition) is 1. The number of aryl methyl sites for hydroxylation is 2. The van der Waals surface area contributed by atoms with E-state index < -0.39 is 0 Å². The normalized spacial score (nSPS) is 21.8. The number of hydrogen-bond acceptors (Lipinski definition) is 3. The number of aromatic nitrogens is 1. The predicted octanol–water partition coefficient (Wildman–Crippen LogP) is 4.02. The number of benzene rings is 1. The Morgan fingerprint density at radius 1 is 1.20 bits per heavy atom. The SMILES string of the molecule is Cc1nc(CNC2CCC(C)c3ccccc32)oc1C. The third-order valence-corrected chi connectivity index (χ3v) is 4.36. The van der Waals surface area contributed by atoms with E-state index in [4.69, 9.17) is 4.42 Å². The van der Waals surface area contributed by atoms with Crippen LogP contribution in [-0.4, -0.2) is 4.98 Å². The second kappa shape index (κ2) is 5.41. The summed E-state index contributed by atoms with van der Waals surface area (Å²) < 4.78 is 5.64. The van der Waals surface area contributed by atoms with Gasteiger partial charge in [0.05, 0.1) is 12.2 Å². The van der Waals surface area contributed by atoms with Crippen LogP contribution in [0.4, 0.5) is 0 Å². The van der Waals surface area contributed by atoms with Crippen molar-refractivity contribution in [1.82, 2.24) is 10.3 Å². The van der Waals surface area contributed by atoms with Crippen molar-refractivity contribution < 1.29 is 4.42 Å². The zero-order valence-corrected chi connectivity index (χ0v) is 12.4. The van der Waals surface area contributed by atoms with Gasteiger partial charge in [0.1, 0.15) is 5.76 Å². The summed E-state index contributed by atoms with van der Waals surface area (Å²) in [4.78, 5) is 4.44. The van der Waals surface area contributed by atoms with Crippen LogP contribution in [0.2, 0.25) is 0 Å². The lowest BCUT2D eigenvalue weighted by Crippen LogP contribution is -2.26. The summed E-state index contributed by atoms with van der Waals surface area (Å²) >= 11 is 0. The van der Waals surface area contributed by atoms with Crippen molar-refractivity contribution in [2.75, 3.05) is 0 Å². The van der Waals surface area contributed by atoms with Crippen LogP contribution in [-0.2, 0) is 6.54 Å². The first-order valence-corrected chi connectivity index (χ1v) is 7.40. The molecular formula is C17H22N2O. The molecule has 0 amide bonds. The van der Waals surface area contributed by atoms with E-state index in [2.05, 4.69) is 41.5 Å². The molecule has 0 saturated carbocycles. The van der Waals surface area contributed by atoms with E-state index in [1.165, 1.54) is 24.0 Å². The average Bonchev–Trinajstić information content (AvgIpc) is 2.77. The first kappa shape index (κ1) is 13.4. The number of nitrogens with zero attached hydrogens (tertiary/aromatic N) is 1. The van der Waals surface area contributed by atoms with Crippen LogP contribution in [0.3, 0.4) is 0 Å². The van der Waals surface area contributed by atoms with E-state index in [9.17, 15) is 0 Å². The number of fused-ring (bicyclic) bond motifs is 1. The highest BCUT2D eigenvalue weighted by Gasteiger charge is 2.24. The van der Waals surface area contributed by atoms with Crippen LogP contribution in [0.15, 0.2) is 28.7 Å². The topological polar surface area (TPSA) is 38.1 Å². The second-order valence-electron chi connectivity index (χ2n) is 5.79. The van der Waals surface area contributed by atoms with Crippen LogP contribution in [0.25, 0.3) is 0 Å². The molecular weight excluding hydrogens is 248 g/mol. The molecule has 0 saturated heterocycles. The van der Waals surface area contributed by atoms with E-state index in [0.717, 1.165) is 17.3 Å². The minimum atomic E-state index is 0.412. The summed E-state index contributed by atoms with van der Waals surface area (Å²) in [5.41, 5.74) is 3.90. The molecule has 0 radical (unpaired) electrons. The fourth-order valence-electron chi connectivity index (χ4n) is 3.04. The molecule has 1 aliphatic rings. The molecule has 1 N–H and O–H groups in total. The van der Waals surface area contributed by atoms with Crippen LogP contribution in [0.1, 0.15) is 60.2 Å². The summed E-state index contributed by atoms with van der Waals surface area (Å²) in [5, 5.41) is 3.60. The highest BCUT2D eigenvalue weighted by molar-refractivity contribution is 5.34. The van der Waals surface area contributed by atoms with Crippen molar-refractivity contribution >= 4 is 0 Å². The van der Waals surface area contributed by atoms with Gasteiger partial charge in [-0.3, -0.25) is 0 Å². The Bertz CT molecular complexity index is 583. The molecule has 1 heterocycles. The van der Waals surface area contributed by atoms with Gasteiger partial charge in [-0.2, -0.15) is 0 Å². The van der Waals surface area contributed by atoms with Crippen molar-refractivity contribution in [2.24, 2.45) is 0 Å². The van der Waals surface area contributed by atoms with Gasteiger partial charge in [-0.25, -0.2) is 4.98 Å². The fraction of sp³-hybridized carbons (Fsp3) is 0.471. The van der Waals surface area contributed by atoms with Gasteiger partial charge in [0.25, 0.3) is 0 Å². The molecule has 0 aliphatic heterocycles. The zero-order valence-electron chi connectivity index (χ0n) is 12.4. The lowest BCUT2D eigenvalue weighted by Gasteiger charge is -2.30. The molecule has 2 unspecified atom stereocenters. The Labute approximate surface area is 120 Å². The summed E-state index contributed by atoms with van der Waals surface area (Å²) in [7, 11) is 0. The van der Waals surface area contributed by atoms with Crippen molar-refractivity contribution in [3.8, 4) is 0 Å². The molecule has 106 valence electrons. The summed E-state index contributed by atoms with van der Waals surface area (Å²) in [6, 6.07) is 9.18. The Kier molecular flexibility index (Phi) is 3.62. The quantitative estimate of drug-likeness (QED) is 0.915. The van der Waals surface area contributed by atoms with Crippen molar-refractivity contribution in [1.29, 1.82) is 0 Å². The molecule has 20 heavy (non-hydrogen) atoms. The summed E-state index contributed by atoms with van der Waals surface area (Å²) in [6.45, 7) is 6.96. The zero-order chi connectivity index (χ0) is 14.1. The molecule has 3 nitrogen and oxygen atoms in total. The lowest BCUT2D eigenvalue weighted by molar-refractivity contribution is 0.389. The average molecular weight is 270 g/mol. The highest BCUT2D eigenvalue weighted by atomic mass is 16.4. The lowest BCUT2D eigenvalue weighted by atomic mass is 9.81. The molecule has 2 atom stereocenters. The summed E-state index contributed by atoms with van der Waals surface area (Å²) in [5.74, 6) is 2.37. The number of oxazole rings is 1. The van der Waals surface area contributed by atoms with Gasteiger partial charge in [0.2, 0.25) is 5.89 Å². The van der Waals surface area contributed by atoms with Gasteiger partial charge < -0.3 is 9.73 Å². The third kappa shape index (κ3) is 2.50. The largest absolute Gasteiger partial charge is 0.444 e. The van der Waals surface area contributed by atoms with Gasteiger partial charge >= 0.3 is 0 Å². The van der Waals surface area contributed by atoms with Crippen LogP contribution in [0.5, 0.6) is 0 Å². The molecule has 1 aromatic carbocycles. The van der Waals surface area contributed by atoms with Crippen LogP contribution < -0.4 is 5.32 Å². The minimum Gasteiger partial charge on any atom is -0.444 e. The second-order valence-corrected chi connectivity index (χ2v) is 5.79. The van der Waals surface area contributed by atoms with E-state index in [0.29, 0.717) is 18.5 Å². The van der Waals surface area contributed by atoms with Gasteiger partial charge in [-0.1, -0.05) is 31.2 Å². The van der Waals surface area contributed by atoms with E-state index in [-0.39, 0.29) is 0 Å². The van der Waals surface area contributed by atoms with Crippen LogP contribution in [0, 0.1) is 13.8 Å². The monoisotopic (exact) mass is 270 g/mol. The smallest absolute Gasteiger partial charge is 0.208 e. The maximum atomic E-state index is 5.64. The molecule has 0 spiro atoms. The number of nitrogens with one attached hydrogen (secondary N) is 1.